The van der Waals surface area contributed by atoms with Crippen LogP contribution in [0.2, 0.25) is 0 Å². The Morgan fingerprint density at radius 1 is 0.971 bits per heavy atom. The number of rotatable bonds is 6. The van der Waals surface area contributed by atoms with Gasteiger partial charge in [0, 0.05) is 18.2 Å². The van der Waals surface area contributed by atoms with Crippen molar-refractivity contribution in [2.75, 3.05) is 0 Å². The highest BCUT2D eigenvalue weighted by Gasteiger charge is 2.41. The Bertz CT molecular complexity index is 1650. The topological polar surface area (TPSA) is 115 Å². The second kappa shape index (κ2) is 7.87. The normalized spacial score (nSPS) is 23.4. The summed E-state index contributed by atoms with van der Waals surface area (Å²) >= 11 is 0. The molecule has 0 radical (unpaired) electrons. The third kappa shape index (κ3) is 3.76. The van der Waals surface area contributed by atoms with E-state index < -0.39 is 20.0 Å². The van der Waals surface area contributed by atoms with Crippen LogP contribution >= 0.6 is 0 Å². The third-order valence-corrected chi connectivity index (χ3v) is 11.0. The predicted molar refractivity (Wildman–Crippen MR) is 132 cm³/mol. The van der Waals surface area contributed by atoms with Crippen molar-refractivity contribution < 1.29 is 16.8 Å². The minimum Gasteiger partial charge on any atom is -0.291 e. The van der Waals surface area contributed by atoms with Crippen molar-refractivity contribution in [3.05, 3.63) is 60.3 Å². The summed E-state index contributed by atoms with van der Waals surface area (Å²) in [4.78, 5) is 9.34. The molecule has 2 aliphatic carbocycles. The molecule has 0 saturated heterocycles. The second-order valence-corrected chi connectivity index (χ2v) is 13.7. The van der Waals surface area contributed by atoms with Crippen LogP contribution in [0.3, 0.4) is 0 Å². The average molecular weight is 514 g/mol. The van der Waals surface area contributed by atoms with Gasteiger partial charge < -0.3 is 0 Å². The van der Waals surface area contributed by atoms with Gasteiger partial charge in [-0.1, -0.05) is 24.6 Å². The lowest BCUT2D eigenvalue weighted by atomic mass is 9.97. The first-order chi connectivity index (χ1) is 16.6. The fourth-order valence-electron chi connectivity index (χ4n) is 5.25. The van der Waals surface area contributed by atoms with Crippen molar-refractivity contribution >= 4 is 36.7 Å². The van der Waals surface area contributed by atoms with Gasteiger partial charge in [-0.15, -0.1) is 0 Å². The molecule has 3 heterocycles. The van der Waals surface area contributed by atoms with Crippen molar-refractivity contribution in [2.24, 2.45) is 5.92 Å². The lowest BCUT2D eigenvalue weighted by Crippen LogP contribution is -2.35. The predicted octanol–water partition coefficient (Wildman–Crippen LogP) is 3.19. The number of fused-ring (bicyclic) bond motifs is 3. The van der Waals surface area contributed by atoms with Crippen LogP contribution in [0.5, 0.6) is 0 Å². The largest absolute Gasteiger partial charge is 0.291 e. The van der Waals surface area contributed by atoms with Crippen LogP contribution in [-0.2, 0) is 20.0 Å². The van der Waals surface area contributed by atoms with Crippen LogP contribution in [-0.4, -0.2) is 46.5 Å². The Hall–Kier alpha value is -2.76. The molecule has 0 amide bonds. The van der Waals surface area contributed by atoms with E-state index >= 15 is 0 Å². The first-order valence-electron chi connectivity index (χ1n) is 11.8. The molecule has 3 atom stereocenters. The minimum absolute atomic E-state index is 0.0343. The van der Waals surface area contributed by atoms with Crippen LogP contribution in [0.4, 0.5) is 0 Å². The molecule has 0 aliphatic heterocycles. The standard InChI is InChI=1S/C24H27N5O4S2/c1-15-3-5-20(6-4-15)35(32,33)28-10-9-22-24(28)26-14-18-13-25-23(29(18)22)21-12-17(11-16(21)2)27-34(30,31)19-7-8-19/h3-6,9-10,13-14,16-17,19,21,27H,7-8,11-12H2,1-2H3/t16-,17+,21+/m0/s1. The van der Waals surface area contributed by atoms with Gasteiger partial charge in [0.25, 0.3) is 10.0 Å². The fraction of sp³-hybridized carbons (Fsp3) is 0.417. The van der Waals surface area contributed by atoms with Gasteiger partial charge in [0.1, 0.15) is 5.82 Å². The molecule has 3 aromatic heterocycles. The quantitative estimate of drug-likeness (QED) is 0.423. The van der Waals surface area contributed by atoms with Gasteiger partial charge in [0.05, 0.1) is 33.6 Å². The van der Waals surface area contributed by atoms with E-state index in [1.807, 2.05) is 11.3 Å². The zero-order chi connectivity index (χ0) is 24.5. The summed E-state index contributed by atoms with van der Waals surface area (Å²) in [6.07, 6.45) is 7.76. The van der Waals surface area contributed by atoms with Crippen LogP contribution in [0.15, 0.2) is 53.8 Å². The lowest BCUT2D eigenvalue weighted by molar-refractivity contribution is 0.507. The monoisotopic (exact) mass is 513 g/mol. The number of nitrogens with zero attached hydrogens (tertiary/aromatic N) is 4. The van der Waals surface area contributed by atoms with Gasteiger partial charge in [-0.3, -0.25) is 4.40 Å². The van der Waals surface area contributed by atoms with E-state index in [2.05, 4.69) is 21.6 Å². The molecule has 0 spiro atoms. The molecule has 1 aromatic carbocycles. The Morgan fingerprint density at radius 3 is 2.40 bits per heavy atom. The fourth-order valence-corrected chi connectivity index (χ4v) is 8.15. The Morgan fingerprint density at radius 2 is 1.69 bits per heavy atom. The van der Waals surface area contributed by atoms with Crippen molar-refractivity contribution in [2.45, 2.75) is 61.6 Å². The molecule has 2 saturated carbocycles. The third-order valence-electron chi connectivity index (χ3n) is 7.27. The maximum absolute atomic E-state index is 13.4. The Labute approximate surface area is 204 Å². The number of sulfonamides is 1. The highest BCUT2D eigenvalue weighted by Crippen LogP contribution is 2.41. The number of imidazole rings is 1. The number of nitrogens with one attached hydrogen (secondary N) is 1. The number of aryl methyl sites for hydroxylation is 1. The first kappa shape index (κ1) is 22.7. The summed E-state index contributed by atoms with van der Waals surface area (Å²) in [5.74, 6) is 1.06. The molecule has 11 heteroatoms. The number of hydrogen-bond donors (Lipinski definition) is 1. The summed E-state index contributed by atoms with van der Waals surface area (Å²) < 4.78 is 57.7. The van der Waals surface area contributed by atoms with Gasteiger partial charge in [0.2, 0.25) is 10.0 Å². The van der Waals surface area contributed by atoms with Gasteiger partial charge in [-0.05, 0) is 56.7 Å². The highest BCUT2D eigenvalue weighted by molar-refractivity contribution is 7.90. The number of benzene rings is 1. The summed E-state index contributed by atoms with van der Waals surface area (Å²) in [6.45, 7) is 4.02. The smallest absolute Gasteiger partial charge is 0.269 e. The van der Waals surface area contributed by atoms with Crippen LogP contribution < -0.4 is 4.72 Å². The number of hydrogen-bond acceptors (Lipinski definition) is 6. The SMILES string of the molecule is Cc1ccc(S(=O)(=O)n2ccc3c2ncc2cnc([C@@H]4C[C@H](NS(=O)(=O)C5CC5)C[C@@H]4C)n23)cc1. The van der Waals surface area contributed by atoms with Crippen molar-refractivity contribution in [1.29, 1.82) is 0 Å². The van der Waals surface area contributed by atoms with E-state index in [0.717, 1.165) is 36.2 Å². The summed E-state index contributed by atoms with van der Waals surface area (Å²) in [6, 6.07) is 8.36. The molecule has 9 nitrogen and oxygen atoms in total. The molecule has 0 bridgehead atoms. The zero-order valence-corrected chi connectivity index (χ0v) is 21.1. The molecule has 2 aliphatic rings. The molecule has 1 N–H and O–H groups in total. The molecule has 35 heavy (non-hydrogen) atoms. The Balaban J connectivity index is 1.39. The van der Waals surface area contributed by atoms with E-state index in [1.165, 1.54) is 10.2 Å². The van der Waals surface area contributed by atoms with E-state index in [9.17, 15) is 16.8 Å². The summed E-state index contributed by atoms with van der Waals surface area (Å²) in [7, 11) is -7.08. The first-order valence-corrected chi connectivity index (χ1v) is 14.8. The van der Waals surface area contributed by atoms with E-state index in [-0.39, 0.29) is 28.0 Å². The van der Waals surface area contributed by atoms with Crippen LogP contribution in [0.1, 0.15) is 49.9 Å². The molecule has 184 valence electrons. The number of aromatic nitrogens is 4. The van der Waals surface area contributed by atoms with E-state index in [1.54, 1.807) is 42.7 Å². The lowest BCUT2D eigenvalue weighted by Gasteiger charge is -2.15. The van der Waals surface area contributed by atoms with Crippen LogP contribution in [0.25, 0.3) is 16.7 Å². The van der Waals surface area contributed by atoms with Gasteiger partial charge in [-0.25, -0.2) is 35.5 Å². The summed E-state index contributed by atoms with van der Waals surface area (Å²) in [5.41, 5.74) is 2.73. The minimum atomic E-state index is -3.82. The molecule has 0 unspecified atom stereocenters. The zero-order valence-electron chi connectivity index (χ0n) is 19.5. The van der Waals surface area contributed by atoms with E-state index in [0.29, 0.717) is 17.6 Å². The molecule has 2 fully saturated rings. The molecule has 6 rings (SSSR count). The molecular formula is C24H27N5O4S2. The van der Waals surface area contributed by atoms with Crippen LogP contribution in [0, 0.1) is 12.8 Å². The van der Waals surface area contributed by atoms with Crippen molar-refractivity contribution in [3.8, 4) is 0 Å². The maximum Gasteiger partial charge on any atom is 0.269 e. The highest BCUT2D eigenvalue weighted by atomic mass is 32.2. The van der Waals surface area contributed by atoms with E-state index in [4.69, 9.17) is 0 Å². The van der Waals surface area contributed by atoms with Gasteiger partial charge >= 0.3 is 0 Å². The maximum atomic E-state index is 13.4. The molecule has 4 aromatic rings. The summed E-state index contributed by atoms with van der Waals surface area (Å²) in [5, 5.41) is -0.245. The second-order valence-electron chi connectivity index (χ2n) is 9.89. The molecular weight excluding hydrogens is 486 g/mol. The Kier molecular flexibility index (Phi) is 5.10. The van der Waals surface area contributed by atoms with Gasteiger partial charge in [-0.2, -0.15) is 0 Å². The van der Waals surface area contributed by atoms with Crippen molar-refractivity contribution in [1.82, 2.24) is 23.1 Å². The van der Waals surface area contributed by atoms with Crippen molar-refractivity contribution in [3.63, 3.8) is 0 Å². The van der Waals surface area contributed by atoms with Gasteiger partial charge in [0.15, 0.2) is 5.65 Å². The average Bonchev–Trinajstić information content (AvgIpc) is 3.30.